The van der Waals surface area contributed by atoms with Crippen LogP contribution in [0.1, 0.15) is 121 Å². The molecule has 1 saturated heterocycles. The highest BCUT2D eigenvalue weighted by Crippen LogP contribution is 2.39. The van der Waals surface area contributed by atoms with Crippen LogP contribution in [-0.2, 0) is 10.8 Å². The summed E-state index contributed by atoms with van der Waals surface area (Å²) in [5, 5.41) is 3.81. The molecule has 32 heavy (non-hydrogen) atoms. The monoisotopic (exact) mass is 433 g/mol. The zero-order chi connectivity index (χ0) is 23.2. The lowest BCUT2D eigenvalue weighted by molar-refractivity contribution is 0.381. The molecule has 1 nitrogen and oxygen atoms in total. The Morgan fingerprint density at radius 1 is 0.656 bits per heavy atom. The standard InChI is InChI=1S/C31H47N/c1-7-30(8-2,9-3)26-19-15-24(16-20-26)29(28-14-13-23-32-28)25-17-21-27(22-18-25)31(10-4,11-5)12-6/h15-22,28-29,32H,7-14,23H2,1-6H3/t28-/m0/s1. The summed E-state index contributed by atoms with van der Waals surface area (Å²) in [7, 11) is 0. The van der Waals surface area contributed by atoms with E-state index in [4.69, 9.17) is 0 Å². The first-order chi connectivity index (χ1) is 15.5. The third kappa shape index (κ3) is 4.69. The Morgan fingerprint density at radius 3 is 1.31 bits per heavy atom. The molecule has 0 radical (unpaired) electrons. The maximum Gasteiger partial charge on any atom is 0.0243 e. The normalized spacial score (nSPS) is 17.3. The van der Waals surface area contributed by atoms with Gasteiger partial charge in [0.15, 0.2) is 0 Å². The summed E-state index contributed by atoms with van der Waals surface area (Å²) < 4.78 is 0. The van der Waals surface area contributed by atoms with Gasteiger partial charge in [-0.05, 0) is 91.0 Å². The highest BCUT2D eigenvalue weighted by atomic mass is 14.9. The second-order valence-electron chi connectivity index (χ2n) is 10.1. The third-order valence-electron chi connectivity index (χ3n) is 9.33. The second kappa shape index (κ2) is 11.0. The molecule has 176 valence electrons. The Kier molecular flexibility index (Phi) is 8.62. The molecule has 1 aliphatic heterocycles. The van der Waals surface area contributed by atoms with Crippen LogP contribution in [0.15, 0.2) is 48.5 Å². The number of rotatable bonds is 11. The zero-order valence-electron chi connectivity index (χ0n) is 21.6. The van der Waals surface area contributed by atoms with Crippen molar-refractivity contribution >= 4 is 0 Å². The van der Waals surface area contributed by atoms with Gasteiger partial charge in [0.25, 0.3) is 0 Å². The average Bonchev–Trinajstić information content (AvgIpc) is 3.38. The van der Waals surface area contributed by atoms with Crippen molar-refractivity contribution in [1.82, 2.24) is 5.32 Å². The summed E-state index contributed by atoms with van der Waals surface area (Å²) in [6.45, 7) is 15.2. The van der Waals surface area contributed by atoms with E-state index in [1.165, 1.54) is 73.6 Å². The fourth-order valence-corrected chi connectivity index (χ4v) is 6.47. The second-order valence-corrected chi connectivity index (χ2v) is 10.1. The molecule has 0 bridgehead atoms. The summed E-state index contributed by atoms with van der Waals surface area (Å²) >= 11 is 0. The first kappa shape index (κ1) is 25.0. The SMILES string of the molecule is CCC(CC)(CC)c1ccc(C(c2ccc(C(CC)(CC)CC)cc2)[C@@H]2CCCN2)cc1. The van der Waals surface area contributed by atoms with Crippen LogP contribution >= 0.6 is 0 Å². The molecule has 3 rings (SSSR count). The molecule has 2 aromatic carbocycles. The maximum absolute atomic E-state index is 3.81. The fraction of sp³-hybridized carbons (Fsp3) is 0.613. The van der Waals surface area contributed by atoms with Gasteiger partial charge in [-0.1, -0.05) is 90.1 Å². The Labute approximate surface area is 198 Å². The smallest absolute Gasteiger partial charge is 0.0243 e. The fourth-order valence-electron chi connectivity index (χ4n) is 6.47. The predicted octanol–water partition coefficient (Wildman–Crippen LogP) is 8.51. The molecule has 0 unspecified atom stereocenters. The zero-order valence-corrected chi connectivity index (χ0v) is 21.6. The van der Waals surface area contributed by atoms with Crippen molar-refractivity contribution in [3.63, 3.8) is 0 Å². The molecule has 0 aliphatic carbocycles. The first-order valence-electron chi connectivity index (χ1n) is 13.5. The molecule has 0 amide bonds. The molecule has 1 aliphatic rings. The molecular formula is C31H47N. The van der Waals surface area contributed by atoms with Gasteiger partial charge < -0.3 is 5.32 Å². The van der Waals surface area contributed by atoms with Gasteiger partial charge in [0.2, 0.25) is 0 Å². The number of benzene rings is 2. The Bertz CT molecular complexity index is 723. The van der Waals surface area contributed by atoms with Crippen molar-refractivity contribution in [2.75, 3.05) is 6.54 Å². The maximum atomic E-state index is 3.81. The molecular weight excluding hydrogens is 386 g/mol. The molecule has 1 heteroatoms. The van der Waals surface area contributed by atoms with Crippen molar-refractivity contribution in [1.29, 1.82) is 0 Å². The molecule has 1 N–H and O–H groups in total. The van der Waals surface area contributed by atoms with E-state index in [2.05, 4.69) is 95.4 Å². The van der Waals surface area contributed by atoms with E-state index in [1.807, 2.05) is 0 Å². The van der Waals surface area contributed by atoms with Crippen LogP contribution in [-0.4, -0.2) is 12.6 Å². The number of nitrogens with one attached hydrogen (secondary N) is 1. The highest BCUT2D eigenvalue weighted by Gasteiger charge is 2.31. The summed E-state index contributed by atoms with van der Waals surface area (Å²) in [4.78, 5) is 0. The summed E-state index contributed by atoms with van der Waals surface area (Å²) in [6.07, 6.45) is 9.81. The van der Waals surface area contributed by atoms with Crippen LogP contribution in [0.3, 0.4) is 0 Å². The van der Waals surface area contributed by atoms with Gasteiger partial charge >= 0.3 is 0 Å². The van der Waals surface area contributed by atoms with E-state index in [0.717, 1.165) is 6.54 Å². The summed E-state index contributed by atoms with van der Waals surface area (Å²) in [5.74, 6) is 0.430. The van der Waals surface area contributed by atoms with Crippen LogP contribution < -0.4 is 5.32 Å². The van der Waals surface area contributed by atoms with Crippen molar-refractivity contribution in [3.05, 3.63) is 70.8 Å². The van der Waals surface area contributed by atoms with Crippen molar-refractivity contribution < 1.29 is 0 Å². The highest BCUT2D eigenvalue weighted by molar-refractivity contribution is 5.40. The van der Waals surface area contributed by atoms with Gasteiger partial charge in [0.05, 0.1) is 0 Å². The van der Waals surface area contributed by atoms with Gasteiger partial charge in [-0.3, -0.25) is 0 Å². The minimum Gasteiger partial charge on any atom is -0.313 e. The largest absolute Gasteiger partial charge is 0.313 e. The molecule has 2 aromatic rings. The summed E-state index contributed by atoms with van der Waals surface area (Å²) in [6, 6.07) is 20.0. The Balaban J connectivity index is 1.96. The third-order valence-corrected chi connectivity index (χ3v) is 9.33. The Hall–Kier alpha value is -1.60. The van der Waals surface area contributed by atoms with Gasteiger partial charge in [0.1, 0.15) is 0 Å². The minimum atomic E-state index is 0.324. The lowest BCUT2D eigenvalue weighted by Crippen LogP contribution is -2.30. The van der Waals surface area contributed by atoms with Gasteiger partial charge in [-0.25, -0.2) is 0 Å². The van der Waals surface area contributed by atoms with Crippen LogP contribution in [0.4, 0.5) is 0 Å². The molecule has 1 fully saturated rings. The van der Waals surface area contributed by atoms with Crippen molar-refractivity contribution in [2.24, 2.45) is 0 Å². The van der Waals surface area contributed by atoms with Crippen molar-refractivity contribution in [3.8, 4) is 0 Å². The van der Waals surface area contributed by atoms with Crippen LogP contribution in [0.2, 0.25) is 0 Å². The lowest BCUT2D eigenvalue weighted by Gasteiger charge is -2.33. The van der Waals surface area contributed by atoms with E-state index in [-0.39, 0.29) is 0 Å². The van der Waals surface area contributed by atoms with E-state index < -0.39 is 0 Å². The minimum absolute atomic E-state index is 0.324. The molecule has 0 spiro atoms. The number of hydrogen-bond acceptors (Lipinski definition) is 1. The predicted molar refractivity (Wildman–Crippen MR) is 141 cm³/mol. The molecule has 1 atom stereocenters. The molecule has 1 heterocycles. The molecule has 0 aromatic heterocycles. The van der Waals surface area contributed by atoms with Crippen LogP contribution in [0.25, 0.3) is 0 Å². The topological polar surface area (TPSA) is 12.0 Å². The van der Waals surface area contributed by atoms with Crippen molar-refractivity contribution in [2.45, 2.75) is 116 Å². The van der Waals surface area contributed by atoms with Gasteiger partial charge in [-0.15, -0.1) is 0 Å². The lowest BCUT2D eigenvalue weighted by atomic mass is 9.72. The van der Waals surface area contributed by atoms with E-state index in [1.54, 1.807) is 0 Å². The van der Waals surface area contributed by atoms with E-state index in [0.29, 0.717) is 22.8 Å². The quantitative estimate of drug-likeness (QED) is 0.374. The first-order valence-corrected chi connectivity index (χ1v) is 13.5. The van der Waals surface area contributed by atoms with Gasteiger partial charge in [-0.2, -0.15) is 0 Å². The molecule has 0 saturated carbocycles. The van der Waals surface area contributed by atoms with Gasteiger partial charge in [0, 0.05) is 12.0 Å². The summed E-state index contributed by atoms with van der Waals surface area (Å²) in [5.41, 5.74) is 6.61. The van der Waals surface area contributed by atoms with Crippen LogP contribution in [0.5, 0.6) is 0 Å². The number of hydrogen-bond donors (Lipinski definition) is 1. The average molecular weight is 434 g/mol. The Morgan fingerprint density at radius 2 is 1.03 bits per heavy atom. The van der Waals surface area contributed by atoms with Crippen LogP contribution in [0, 0.1) is 0 Å². The van der Waals surface area contributed by atoms with E-state index in [9.17, 15) is 0 Å². The van der Waals surface area contributed by atoms with E-state index >= 15 is 0 Å².